The van der Waals surface area contributed by atoms with Crippen LogP contribution < -0.4 is 5.32 Å². The molecule has 0 aromatic carbocycles. The fourth-order valence-corrected chi connectivity index (χ4v) is 2.83. The highest BCUT2D eigenvalue weighted by Gasteiger charge is 2.22. The summed E-state index contributed by atoms with van der Waals surface area (Å²) in [5.74, 6) is 0. The fourth-order valence-electron chi connectivity index (χ4n) is 2.83. The van der Waals surface area contributed by atoms with Crippen LogP contribution >= 0.6 is 0 Å². The molecule has 1 saturated heterocycles. The second-order valence-corrected chi connectivity index (χ2v) is 5.53. The van der Waals surface area contributed by atoms with Gasteiger partial charge in [-0.15, -0.1) is 0 Å². The molecule has 0 aromatic rings. The van der Waals surface area contributed by atoms with E-state index in [9.17, 15) is 0 Å². The van der Waals surface area contributed by atoms with Gasteiger partial charge in [0.15, 0.2) is 0 Å². The molecule has 1 aliphatic heterocycles. The smallest absolute Gasteiger partial charge is 0.0603 e. The third-order valence-electron chi connectivity index (χ3n) is 3.92. The number of ether oxygens (including phenoxy) is 1. The molecule has 2 fully saturated rings. The largest absolute Gasteiger partial charge is 0.375 e. The molecule has 3 nitrogen and oxygen atoms in total. The summed E-state index contributed by atoms with van der Waals surface area (Å²) in [6.45, 7) is 9.94. The van der Waals surface area contributed by atoms with E-state index in [0.717, 1.165) is 0 Å². The van der Waals surface area contributed by atoms with Crippen molar-refractivity contribution >= 4 is 0 Å². The van der Waals surface area contributed by atoms with Crippen LogP contribution in [0.5, 0.6) is 0 Å². The van der Waals surface area contributed by atoms with Crippen molar-refractivity contribution < 1.29 is 4.74 Å². The monoisotopic (exact) mass is 286 g/mol. The first-order valence-corrected chi connectivity index (χ1v) is 8.76. The van der Waals surface area contributed by atoms with Gasteiger partial charge in [-0.1, -0.05) is 40.0 Å². The highest BCUT2D eigenvalue weighted by Crippen LogP contribution is 2.24. The van der Waals surface area contributed by atoms with Crippen LogP contribution in [0.25, 0.3) is 0 Å². The van der Waals surface area contributed by atoms with Crippen molar-refractivity contribution in [2.24, 2.45) is 0 Å². The van der Waals surface area contributed by atoms with Gasteiger partial charge in [0.25, 0.3) is 0 Å². The molecule has 1 aliphatic carbocycles. The number of piperidine rings is 1. The van der Waals surface area contributed by atoms with E-state index in [1.807, 2.05) is 27.9 Å². The Morgan fingerprint density at radius 2 is 1.35 bits per heavy atom. The maximum atomic E-state index is 6.20. The third kappa shape index (κ3) is 8.93. The van der Waals surface area contributed by atoms with E-state index in [1.165, 1.54) is 64.6 Å². The molecule has 0 unspecified atom stereocenters. The molecule has 2 aliphatic rings. The van der Waals surface area contributed by atoms with Crippen LogP contribution in [0.1, 0.15) is 65.7 Å². The Kier molecular flexibility index (Phi) is 13.8. The van der Waals surface area contributed by atoms with Crippen LogP contribution in [0.3, 0.4) is 0 Å². The van der Waals surface area contributed by atoms with E-state index in [2.05, 4.69) is 17.1 Å². The van der Waals surface area contributed by atoms with Gasteiger partial charge in [-0.05, 0) is 46.3 Å². The third-order valence-corrected chi connectivity index (χ3v) is 3.92. The van der Waals surface area contributed by atoms with Crippen LogP contribution in [0.4, 0.5) is 0 Å². The first-order chi connectivity index (χ1) is 9.80. The van der Waals surface area contributed by atoms with Crippen molar-refractivity contribution in [3.8, 4) is 0 Å². The van der Waals surface area contributed by atoms with Crippen LogP contribution in [0, 0.1) is 0 Å². The average molecular weight is 287 g/mol. The summed E-state index contributed by atoms with van der Waals surface area (Å²) in [5.41, 5.74) is 0. The number of hydrogen-bond acceptors (Lipinski definition) is 3. The van der Waals surface area contributed by atoms with E-state index in [-0.39, 0.29) is 0 Å². The van der Waals surface area contributed by atoms with E-state index in [4.69, 9.17) is 4.74 Å². The van der Waals surface area contributed by atoms with Crippen molar-refractivity contribution in [2.75, 3.05) is 33.7 Å². The standard InChI is InChI=1S/C13H25NO.C2H7N.C2H6/c1-2-14-10-8-13(9-11-14)15-12-6-4-3-5-7-12;1-3-2;1-2/h12-13H,2-11H2,1H3;3H,1-2H3;1-2H3. The molecule has 1 heterocycles. The van der Waals surface area contributed by atoms with Crippen LogP contribution in [0.15, 0.2) is 0 Å². The number of hydrogen-bond donors (Lipinski definition) is 1. The van der Waals surface area contributed by atoms with Crippen molar-refractivity contribution in [1.29, 1.82) is 0 Å². The first-order valence-electron chi connectivity index (χ1n) is 8.76. The van der Waals surface area contributed by atoms with Crippen molar-refractivity contribution in [2.45, 2.75) is 77.9 Å². The summed E-state index contributed by atoms with van der Waals surface area (Å²) in [4.78, 5) is 2.53. The Balaban J connectivity index is 0.000000641. The molecule has 0 atom stereocenters. The second kappa shape index (κ2) is 13.8. The zero-order chi connectivity index (χ0) is 15.2. The molecule has 3 heteroatoms. The van der Waals surface area contributed by atoms with Crippen molar-refractivity contribution in [3.05, 3.63) is 0 Å². The maximum Gasteiger partial charge on any atom is 0.0603 e. The lowest BCUT2D eigenvalue weighted by Crippen LogP contribution is -2.38. The number of rotatable bonds is 3. The van der Waals surface area contributed by atoms with Gasteiger partial charge in [0.2, 0.25) is 0 Å². The van der Waals surface area contributed by atoms with Gasteiger partial charge in [0.05, 0.1) is 12.2 Å². The van der Waals surface area contributed by atoms with Crippen molar-refractivity contribution in [1.82, 2.24) is 10.2 Å². The minimum absolute atomic E-state index is 0.566. The SMILES string of the molecule is CC.CCN1CCC(OC2CCCCC2)CC1.CNC. The predicted molar refractivity (Wildman–Crippen MR) is 89.4 cm³/mol. The Labute approximate surface area is 127 Å². The lowest BCUT2D eigenvalue weighted by Gasteiger charge is -2.34. The summed E-state index contributed by atoms with van der Waals surface area (Å²) in [6, 6.07) is 0. The van der Waals surface area contributed by atoms with Gasteiger partial charge >= 0.3 is 0 Å². The van der Waals surface area contributed by atoms with Gasteiger partial charge in [0, 0.05) is 13.1 Å². The van der Waals surface area contributed by atoms with Crippen molar-refractivity contribution in [3.63, 3.8) is 0 Å². The second-order valence-electron chi connectivity index (χ2n) is 5.53. The zero-order valence-corrected chi connectivity index (χ0v) is 14.6. The van der Waals surface area contributed by atoms with Crippen LogP contribution in [-0.2, 0) is 4.74 Å². The fraction of sp³-hybridized carbons (Fsp3) is 1.00. The molecule has 20 heavy (non-hydrogen) atoms. The van der Waals surface area contributed by atoms with Crippen LogP contribution in [0.2, 0.25) is 0 Å². The molecule has 0 bridgehead atoms. The Hall–Kier alpha value is -0.120. The van der Waals surface area contributed by atoms with E-state index >= 15 is 0 Å². The van der Waals surface area contributed by atoms with E-state index in [0.29, 0.717) is 12.2 Å². The van der Waals surface area contributed by atoms with Gasteiger partial charge in [-0.2, -0.15) is 0 Å². The molecule has 0 spiro atoms. The summed E-state index contributed by atoms with van der Waals surface area (Å²) >= 11 is 0. The quantitative estimate of drug-likeness (QED) is 0.856. The van der Waals surface area contributed by atoms with Gasteiger partial charge in [0.1, 0.15) is 0 Å². The maximum absolute atomic E-state index is 6.20. The molecule has 1 saturated carbocycles. The average Bonchev–Trinajstić information content (AvgIpc) is 2.52. The zero-order valence-electron chi connectivity index (χ0n) is 14.6. The highest BCUT2D eigenvalue weighted by atomic mass is 16.5. The highest BCUT2D eigenvalue weighted by molar-refractivity contribution is 4.74. The molecule has 122 valence electrons. The summed E-state index contributed by atoms with van der Waals surface area (Å²) < 4.78 is 6.20. The lowest BCUT2D eigenvalue weighted by atomic mass is 9.97. The molecular weight excluding hydrogens is 248 g/mol. The van der Waals surface area contributed by atoms with Gasteiger partial charge in [-0.25, -0.2) is 0 Å². The van der Waals surface area contributed by atoms with Gasteiger partial charge in [-0.3, -0.25) is 0 Å². The molecule has 0 radical (unpaired) electrons. The summed E-state index contributed by atoms with van der Waals surface area (Å²) in [7, 11) is 3.75. The Bertz CT molecular complexity index is 185. The molecular formula is C17H38N2O. The molecule has 2 rings (SSSR count). The van der Waals surface area contributed by atoms with Gasteiger partial charge < -0.3 is 15.0 Å². The first kappa shape index (κ1) is 19.9. The number of nitrogens with zero attached hydrogens (tertiary/aromatic N) is 1. The number of nitrogens with one attached hydrogen (secondary N) is 1. The molecule has 0 amide bonds. The van der Waals surface area contributed by atoms with E-state index < -0.39 is 0 Å². The Morgan fingerprint density at radius 3 is 1.80 bits per heavy atom. The number of likely N-dealkylation sites (tertiary alicyclic amines) is 1. The topological polar surface area (TPSA) is 24.5 Å². The van der Waals surface area contributed by atoms with E-state index in [1.54, 1.807) is 0 Å². The minimum atomic E-state index is 0.566. The molecule has 1 N–H and O–H groups in total. The predicted octanol–water partition coefficient (Wildman–Crippen LogP) is 3.68. The van der Waals surface area contributed by atoms with Crippen LogP contribution in [-0.4, -0.2) is 50.8 Å². The summed E-state index contributed by atoms with van der Waals surface area (Å²) in [6.07, 6.45) is 10.5. The Morgan fingerprint density at radius 1 is 0.900 bits per heavy atom. The summed E-state index contributed by atoms with van der Waals surface area (Å²) in [5, 5.41) is 2.75. The minimum Gasteiger partial charge on any atom is -0.375 e. The normalized spacial score (nSPS) is 21.4. The molecule has 0 aromatic heterocycles. The lowest BCUT2D eigenvalue weighted by molar-refractivity contribution is -0.0552.